The maximum atomic E-state index is 12.6. The van der Waals surface area contributed by atoms with Crippen LogP contribution in [0.4, 0.5) is 16.2 Å². The number of urea groups is 1. The van der Waals surface area contributed by atoms with Crippen LogP contribution in [0.5, 0.6) is 0 Å². The van der Waals surface area contributed by atoms with Gasteiger partial charge < -0.3 is 15.5 Å². The smallest absolute Gasteiger partial charge is 0.319 e. The van der Waals surface area contributed by atoms with Gasteiger partial charge in [0.05, 0.1) is 0 Å². The van der Waals surface area contributed by atoms with E-state index in [2.05, 4.69) is 10.6 Å². The van der Waals surface area contributed by atoms with Gasteiger partial charge in [0.1, 0.15) is 6.04 Å². The van der Waals surface area contributed by atoms with Crippen molar-refractivity contribution in [3.63, 3.8) is 0 Å². The van der Waals surface area contributed by atoms with Crippen molar-refractivity contribution in [2.45, 2.75) is 19.4 Å². The molecular formula is C18H18ClN3O2. The van der Waals surface area contributed by atoms with Gasteiger partial charge in [0.2, 0.25) is 5.91 Å². The molecule has 2 aromatic carbocycles. The van der Waals surface area contributed by atoms with E-state index in [0.717, 1.165) is 17.7 Å². The number of carbonyl (C=O) groups excluding carboxylic acids is 2. The van der Waals surface area contributed by atoms with E-state index in [0.29, 0.717) is 17.3 Å². The molecule has 1 atom stereocenters. The molecule has 0 unspecified atom stereocenters. The molecule has 2 aromatic rings. The summed E-state index contributed by atoms with van der Waals surface area (Å²) in [5.41, 5.74) is 2.65. The highest BCUT2D eigenvalue weighted by Gasteiger charge is 2.28. The number of anilines is 2. The molecule has 24 heavy (non-hydrogen) atoms. The van der Waals surface area contributed by atoms with Gasteiger partial charge in [0.25, 0.3) is 0 Å². The van der Waals surface area contributed by atoms with E-state index in [1.807, 2.05) is 24.3 Å². The second-order valence-electron chi connectivity index (χ2n) is 5.70. The minimum absolute atomic E-state index is 0.124. The number of nitrogens with one attached hydrogen (secondary N) is 2. The highest BCUT2D eigenvalue weighted by molar-refractivity contribution is 6.30. The summed E-state index contributed by atoms with van der Waals surface area (Å²) in [6, 6.07) is 13.6. The zero-order valence-corrected chi connectivity index (χ0v) is 14.0. The number of nitrogens with zero attached hydrogens (tertiary/aromatic N) is 1. The standard InChI is InChI=1S/C18H18ClN3O2/c1-12(20-18(24)21-15-7-4-6-14(19)11-15)17(23)22-10-9-13-5-2-3-8-16(13)22/h2-8,11-12H,9-10H2,1H3,(H2,20,21,24)/t12-/m0/s1. The Labute approximate surface area is 145 Å². The molecule has 124 valence electrons. The van der Waals surface area contributed by atoms with Crippen LogP contribution in [-0.2, 0) is 11.2 Å². The average molecular weight is 344 g/mol. The third-order valence-electron chi connectivity index (χ3n) is 3.95. The number of carbonyl (C=O) groups is 2. The minimum Gasteiger partial charge on any atom is -0.326 e. The lowest BCUT2D eigenvalue weighted by molar-refractivity contribution is -0.119. The molecule has 2 N–H and O–H groups in total. The fourth-order valence-electron chi connectivity index (χ4n) is 2.79. The Hall–Kier alpha value is -2.53. The van der Waals surface area contributed by atoms with Gasteiger partial charge in [-0.3, -0.25) is 4.79 Å². The summed E-state index contributed by atoms with van der Waals surface area (Å²) in [5, 5.41) is 5.88. The monoisotopic (exact) mass is 343 g/mol. The maximum absolute atomic E-state index is 12.6. The Bertz CT molecular complexity index is 778. The van der Waals surface area contributed by atoms with Crippen LogP contribution in [-0.4, -0.2) is 24.5 Å². The molecule has 0 spiro atoms. The molecule has 1 aliphatic heterocycles. The van der Waals surface area contributed by atoms with Gasteiger partial charge in [0, 0.05) is 22.9 Å². The quantitative estimate of drug-likeness (QED) is 0.896. The molecule has 0 saturated carbocycles. The first-order valence-electron chi connectivity index (χ1n) is 7.77. The van der Waals surface area contributed by atoms with Crippen LogP contribution in [0, 0.1) is 0 Å². The molecule has 0 radical (unpaired) electrons. The molecule has 6 heteroatoms. The van der Waals surface area contributed by atoms with E-state index in [1.54, 1.807) is 36.1 Å². The molecule has 3 rings (SSSR count). The number of benzene rings is 2. The lowest BCUT2D eigenvalue weighted by atomic mass is 10.2. The van der Waals surface area contributed by atoms with Crippen LogP contribution in [0.2, 0.25) is 5.02 Å². The van der Waals surface area contributed by atoms with Crippen molar-refractivity contribution in [3.8, 4) is 0 Å². The molecule has 0 saturated heterocycles. The topological polar surface area (TPSA) is 61.4 Å². The van der Waals surface area contributed by atoms with E-state index in [1.165, 1.54) is 0 Å². The van der Waals surface area contributed by atoms with Crippen molar-refractivity contribution in [1.29, 1.82) is 0 Å². The van der Waals surface area contributed by atoms with Crippen molar-refractivity contribution >= 4 is 34.9 Å². The van der Waals surface area contributed by atoms with E-state index >= 15 is 0 Å². The number of hydrogen-bond donors (Lipinski definition) is 2. The summed E-state index contributed by atoms with van der Waals surface area (Å²) in [4.78, 5) is 26.4. The van der Waals surface area contributed by atoms with Crippen molar-refractivity contribution in [3.05, 3.63) is 59.1 Å². The summed E-state index contributed by atoms with van der Waals surface area (Å²) in [5.74, 6) is -0.124. The van der Waals surface area contributed by atoms with Crippen LogP contribution in [0.25, 0.3) is 0 Å². The number of hydrogen-bond acceptors (Lipinski definition) is 2. The van der Waals surface area contributed by atoms with E-state index < -0.39 is 12.1 Å². The first kappa shape index (κ1) is 16.3. The predicted molar refractivity (Wildman–Crippen MR) is 95.6 cm³/mol. The molecule has 0 aliphatic carbocycles. The SMILES string of the molecule is C[C@H](NC(=O)Nc1cccc(Cl)c1)C(=O)N1CCc2ccccc21. The third kappa shape index (κ3) is 3.51. The largest absolute Gasteiger partial charge is 0.326 e. The highest BCUT2D eigenvalue weighted by atomic mass is 35.5. The molecule has 3 amide bonds. The number of para-hydroxylation sites is 1. The van der Waals surface area contributed by atoms with E-state index in [-0.39, 0.29) is 5.91 Å². The summed E-state index contributed by atoms with van der Waals surface area (Å²) >= 11 is 5.89. The first-order chi connectivity index (χ1) is 11.5. The Morgan fingerprint density at radius 1 is 1.17 bits per heavy atom. The van der Waals surface area contributed by atoms with E-state index in [4.69, 9.17) is 11.6 Å². The molecule has 0 bridgehead atoms. The summed E-state index contributed by atoms with van der Waals surface area (Å²) < 4.78 is 0. The zero-order valence-electron chi connectivity index (χ0n) is 13.3. The number of rotatable bonds is 3. The van der Waals surface area contributed by atoms with Crippen molar-refractivity contribution < 1.29 is 9.59 Å². The van der Waals surface area contributed by atoms with Gasteiger partial charge >= 0.3 is 6.03 Å². The van der Waals surface area contributed by atoms with Crippen LogP contribution < -0.4 is 15.5 Å². The second kappa shape index (κ2) is 6.93. The second-order valence-corrected chi connectivity index (χ2v) is 6.14. The molecular weight excluding hydrogens is 326 g/mol. The van der Waals surface area contributed by atoms with Gasteiger partial charge in [-0.05, 0) is 43.2 Å². The average Bonchev–Trinajstić information content (AvgIpc) is 2.98. The van der Waals surface area contributed by atoms with E-state index in [9.17, 15) is 9.59 Å². The first-order valence-corrected chi connectivity index (χ1v) is 8.15. The van der Waals surface area contributed by atoms with Gasteiger partial charge in [-0.25, -0.2) is 4.79 Å². The Balaban J connectivity index is 1.61. The van der Waals surface area contributed by atoms with Crippen LogP contribution in [0.1, 0.15) is 12.5 Å². The van der Waals surface area contributed by atoms with Crippen molar-refractivity contribution in [1.82, 2.24) is 5.32 Å². The number of fused-ring (bicyclic) bond motifs is 1. The summed E-state index contributed by atoms with van der Waals surface area (Å²) in [6.45, 7) is 2.32. The van der Waals surface area contributed by atoms with Gasteiger partial charge in [-0.2, -0.15) is 0 Å². The predicted octanol–water partition coefficient (Wildman–Crippen LogP) is 3.44. The van der Waals surface area contributed by atoms with Crippen molar-refractivity contribution in [2.75, 3.05) is 16.8 Å². The number of amides is 3. The Morgan fingerprint density at radius 2 is 1.96 bits per heavy atom. The minimum atomic E-state index is -0.629. The lowest BCUT2D eigenvalue weighted by Gasteiger charge is -2.22. The van der Waals surface area contributed by atoms with Gasteiger partial charge in [-0.1, -0.05) is 35.9 Å². The molecule has 0 fully saturated rings. The zero-order chi connectivity index (χ0) is 17.1. The Morgan fingerprint density at radius 3 is 2.75 bits per heavy atom. The van der Waals surface area contributed by atoms with Crippen LogP contribution >= 0.6 is 11.6 Å². The summed E-state index contributed by atoms with van der Waals surface area (Å²) in [7, 11) is 0. The maximum Gasteiger partial charge on any atom is 0.319 e. The lowest BCUT2D eigenvalue weighted by Crippen LogP contribution is -2.47. The third-order valence-corrected chi connectivity index (χ3v) is 4.19. The van der Waals surface area contributed by atoms with Crippen LogP contribution in [0.3, 0.4) is 0 Å². The molecule has 1 heterocycles. The Kier molecular flexibility index (Phi) is 4.71. The number of halogens is 1. The summed E-state index contributed by atoms with van der Waals surface area (Å²) in [6.07, 6.45) is 0.837. The van der Waals surface area contributed by atoms with Gasteiger partial charge in [-0.15, -0.1) is 0 Å². The molecule has 1 aliphatic rings. The fourth-order valence-corrected chi connectivity index (χ4v) is 2.98. The fraction of sp³-hybridized carbons (Fsp3) is 0.222. The normalized spacial score (nSPS) is 14.0. The van der Waals surface area contributed by atoms with Gasteiger partial charge in [0.15, 0.2) is 0 Å². The molecule has 5 nitrogen and oxygen atoms in total. The molecule has 0 aromatic heterocycles. The highest BCUT2D eigenvalue weighted by Crippen LogP contribution is 2.27. The van der Waals surface area contributed by atoms with Crippen LogP contribution in [0.15, 0.2) is 48.5 Å². The van der Waals surface area contributed by atoms with Crippen molar-refractivity contribution in [2.24, 2.45) is 0 Å².